The molecule has 0 saturated carbocycles. The molecule has 8 heteroatoms. The van der Waals surface area contributed by atoms with Crippen LogP contribution in [0.1, 0.15) is 28.4 Å². The lowest BCUT2D eigenvalue weighted by Gasteiger charge is -2.09. The van der Waals surface area contributed by atoms with Gasteiger partial charge in [-0.15, -0.1) is 0 Å². The average molecular weight is 413 g/mol. The molecule has 4 rings (SSSR count). The zero-order valence-electron chi connectivity index (χ0n) is 16.4. The van der Waals surface area contributed by atoms with Crippen LogP contribution >= 0.6 is 11.3 Å². The van der Waals surface area contributed by atoms with Crippen LogP contribution in [0.15, 0.2) is 34.9 Å². The summed E-state index contributed by atoms with van der Waals surface area (Å²) in [4.78, 5) is 16.7. The summed E-state index contributed by atoms with van der Waals surface area (Å²) in [6.45, 7) is 4.97. The molecule has 1 fully saturated rings. The fourth-order valence-corrected chi connectivity index (χ4v) is 4.22. The van der Waals surface area contributed by atoms with Crippen LogP contribution in [0.3, 0.4) is 0 Å². The summed E-state index contributed by atoms with van der Waals surface area (Å²) in [5.41, 5.74) is 3.69. The molecule has 152 valence electrons. The molecule has 0 unspecified atom stereocenters. The van der Waals surface area contributed by atoms with E-state index in [1.54, 1.807) is 0 Å². The van der Waals surface area contributed by atoms with E-state index in [9.17, 15) is 4.79 Å². The normalized spacial score (nSPS) is 16.1. The molecule has 2 aromatic heterocycles. The Morgan fingerprint density at radius 3 is 2.86 bits per heavy atom. The molecule has 1 aliphatic rings. The number of nitrogens with one attached hydrogen (secondary N) is 1. The zero-order chi connectivity index (χ0) is 20.2. The molecule has 1 aromatic carbocycles. The van der Waals surface area contributed by atoms with Crippen LogP contribution < -0.4 is 10.1 Å². The molecule has 1 amide bonds. The number of carbonyl (C=O) groups excluding carboxylic acids is 1. The maximum Gasteiger partial charge on any atom is 0.413 e. The highest BCUT2D eigenvalue weighted by molar-refractivity contribution is 7.13. The van der Waals surface area contributed by atoms with Gasteiger partial charge >= 0.3 is 6.09 Å². The Morgan fingerprint density at radius 2 is 2.10 bits per heavy atom. The number of hydrogen-bond acceptors (Lipinski definition) is 7. The first-order valence-electron chi connectivity index (χ1n) is 9.63. The molecule has 3 heterocycles. The minimum absolute atomic E-state index is 0.0168. The van der Waals surface area contributed by atoms with Crippen LogP contribution in [0.5, 0.6) is 5.06 Å². The second-order valence-electron chi connectivity index (χ2n) is 7.01. The van der Waals surface area contributed by atoms with E-state index >= 15 is 0 Å². The number of ether oxygens (including phenoxy) is 2. The fourth-order valence-electron chi connectivity index (χ4n) is 3.31. The molecule has 1 aliphatic heterocycles. The van der Waals surface area contributed by atoms with Crippen molar-refractivity contribution >= 4 is 17.4 Å². The molecule has 0 radical (unpaired) electrons. The number of aryl methyl sites for hydroxylation is 3. The second kappa shape index (κ2) is 8.75. The van der Waals surface area contributed by atoms with E-state index in [1.165, 1.54) is 11.3 Å². The van der Waals surface area contributed by atoms with Crippen LogP contribution in [0.4, 0.5) is 4.79 Å². The molecule has 0 aliphatic carbocycles. The van der Waals surface area contributed by atoms with Crippen molar-refractivity contribution in [3.63, 3.8) is 0 Å². The van der Waals surface area contributed by atoms with Gasteiger partial charge in [0.1, 0.15) is 11.5 Å². The van der Waals surface area contributed by atoms with Gasteiger partial charge in [0.05, 0.1) is 23.4 Å². The van der Waals surface area contributed by atoms with Crippen molar-refractivity contribution in [2.75, 3.05) is 13.2 Å². The summed E-state index contributed by atoms with van der Waals surface area (Å²) in [5.74, 6) is 0.812. The number of nitrogens with zero attached hydrogens (tertiary/aromatic N) is 2. The third-order valence-corrected chi connectivity index (χ3v) is 5.95. The first-order chi connectivity index (χ1) is 14.1. The van der Waals surface area contributed by atoms with Crippen LogP contribution in [0, 0.1) is 13.8 Å². The monoisotopic (exact) mass is 413 g/mol. The van der Waals surface area contributed by atoms with Crippen molar-refractivity contribution in [2.45, 2.75) is 39.2 Å². The molecule has 7 nitrogen and oxygen atoms in total. The summed E-state index contributed by atoms with van der Waals surface area (Å²) < 4.78 is 16.2. The predicted octanol–water partition coefficient (Wildman–Crippen LogP) is 4.08. The Labute approximate surface area is 173 Å². The van der Waals surface area contributed by atoms with Gasteiger partial charge < -0.3 is 19.3 Å². The predicted molar refractivity (Wildman–Crippen MR) is 109 cm³/mol. The van der Waals surface area contributed by atoms with Gasteiger partial charge in [0.15, 0.2) is 0 Å². The van der Waals surface area contributed by atoms with Crippen molar-refractivity contribution in [3.8, 4) is 16.3 Å². The smallest absolute Gasteiger partial charge is 0.397 e. The van der Waals surface area contributed by atoms with E-state index in [4.69, 9.17) is 14.0 Å². The summed E-state index contributed by atoms with van der Waals surface area (Å²) >= 11 is 1.40. The second-order valence-corrected chi connectivity index (χ2v) is 8.05. The molecular weight excluding hydrogens is 390 g/mol. The van der Waals surface area contributed by atoms with E-state index in [-0.39, 0.29) is 6.04 Å². The average Bonchev–Trinajstić information content (AvgIpc) is 3.43. The SMILES string of the molecule is Cc1nc(CCc2c(-c3ccccc3)noc2C)sc1OC(=O)N[C@@H]1CCOC1. The lowest BCUT2D eigenvalue weighted by atomic mass is 10.0. The number of rotatable bonds is 6. The van der Waals surface area contributed by atoms with E-state index in [0.717, 1.165) is 46.9 Å². The maximum atomic E-state index is 12.1. The largest absolute Gasteiger partial charge is 0.413 e. The molecule has 1 atom stereocenters. The van der Waals surface area contributed by atoms with Crippen molar-refractivity contribution in [1.82, 2.24) is 15.5 Å². The Bertz CT molecular complexity index is 977. The Balaban J connectivity index is 1.40. The third-order valence-electron chi connectivity index (χ3n) is 4.86. The standard InChI is InChI=1S/C21H23N3O4S/c1-13-20(27-21(25)23-16-10-11-26-12-16)29-18(22-13)9-8-17-14(2)28-24-19(17)15-6-4-3-5-7-15/h3-7,16H,8-12H2,1-2H3,(H,23,25)/t16-/m1/s1. The summed E-state index contributed by atoms with van der Waals surface area (Å²) in [6.07, 6.45) is 1.82. The fraction of sp³-hybridized carbons (Fsp3) is 0.381. The van der Waals surface area contributed by atoms with Gasteiger partial charge in [0.2, 0.25) is 5.06 Å². The highest BCUT2D eigenvalue weighted by atomic mass is 32.1. The highest BCUT2D eigenvalue weighted by Crippen LogP contribution is 2.30. The molecule has 0 bridgehead atoms. The minimum atomic E-state index is -0.458. The lowest BCUT2D eigenvalue weighted by molar-refractivity contribution is 0.179. The van der Waals surface area contributed by atoms with E-state index < -0.39 is 6.09 Å². The van der Waals surface area contributed by atoms with Gasteiger partial charge in [-0.1, -0.05) is 46.8 Å². The molecule has 29 heavy (non-hydrogen) atoms. The van der Waals surface area contributed by atoms with Crippen molar-refractivity contribution in [1.29, 1.82) is 0 Å². The van der Waals surface area contributed by atoms with Gasteiger partial charge in [-0.05, 0) is 26.7 Å². The first-order valence-corrected chi connectivity index (χ1v) is 10.4. The summed E-state index contributed by atoms with van der Waals surface area (Å²) in [5, 5.41) is 8.49. The maximum absolute atomic E-state index is 12.1. The molecular formula is C21H23N3O4S. The van der Waals surface area contributed by atoms with Crippen LogP contribution in [-0.4, -0.2) is 35.5 Å². The number of amides is 1. The third kappa shape index (κ3) is 4.65. The van der Waals surface area contributed by atoms with Crippen molar-refractivity contribution in [2.24, 2.45) is 0 Å². The van der Waals surface area contributed by atoms with Gasteiger partial charge in [-0.3, -0.25) is 0 Å². The minimum Gasteiger partial charge on any atom is -0.397 e. The Morgan fingerprint density at radius 1 is 1.28 bits per heavy atom. The van der Waals surface area contributed by atoms with Gasteiger partial charge in [-0.2, -0.15) is 0 Å². The quantitative estimate of drug-likeness (QED) is 0.655. The Hall–Kier alpha value is -2.71. The Kier molecular flexibility index (Phi) is 5.92. The highest BCUT2D eigenvalue weighted by Gasteiger charge is 2.21. The number of hydrogen-bond donors (Lipinski definition) is 1. The summed E-state index contributed by atoms with van der Waals surface area (Å²) in [6, 6.07) is 10.0. The number of aromatic nitrogens is 2. The van der Waals surface area contributed by atoms with Crippen molar-refractivity contribution < 1.29 is 18.8 Å². The number of thiazole rings is 1. The van der Waals surface area contributed by atoms with Crippen molar-refractivity contribution in [3.05, 3.63) is 52.4 Å². The van der Waals surface area contributed by atoms with Gasteiger partial charge in [0.25, 0.3) is 0 Å². The molecule has 0 spiro atoms. The molecule has 3 aromatic rings. The van der Waals surface area contributed by atoms with Crippen LogP contribution in [-0.2, 0) is 17.6 Å². The lowest BCUT2D eigenvalue weighted by Crippen LogP contribution is -2.37. The van der Waals surface area contributed by atoms with E-state index in [2.05, 4.69) is 15.5 Å². The van der Waals surface area contributed by atoms with E-state index in [1.807, 2.05) is 44.2 Å². The van der Waals surface area contributed by atoms with E-state index in [0.29, 0.717) is 24.0 Å². The van der Waals surface area contributed by atoms with Gasteiger partial charge in [0, 0.05) is 24.2 Å². The summed E-state index contributed by atoms with van der Waals surface area (Å²) in [7, 11) is 0. The van der Waals surface area contributed by atoms with Crippen LogP contribution in [0.2, 0.25) is 0 Å². The topological polar surface area (TPSA) is 86.5 Å². The van der Waals surface area contributed by atoms with Crippen LogP contribution in [0.25, 0.3) is 11.3 Å². The molecule has 1 N–H and O–H groups in total. The number of carbonyl (C=O) groups is 1. The first kappa shape index (κ1) is 19.6. The molecule has 1 saturated heterocycles. The number of benzene rings is 1. The zero-order valence-corrected chi connectivity index (χ0v) is 17.3. The van der Waals surface area contributed by atoms with Gasteiger partial charge in [-0.25, -0.2) is 9.78 Å².